The predicted octanol–water partition coefficient (Wildman–Crippen LogP) is 2.54. The van der Waals surface area contributed by atoms with Crippen molar-refractivity contribution < 1.29 is 4.79 Å². The van der Waals surface area contributed by atoms with E-state index in [9.17, 15) is 4.79 Å². The third-order valence-corrected chi connectivity index (χ3v) is 5.77. The molecular formula is C21H34N4O. The fourth-order valence-electron chi connectivity index (χ4n) is 4.55. The Labute approximate surface area is 158 Å². The van der Waals surface area contributed by atoms with E-state index in [1.807, 2.05) is 13.8 Å². The highest BCUT2D eigenvalue weighted by atomic mass is 16.2. The van der Waals surface area contributed by atoms with Crippen LogP contribution in [0.5, 0.6) is 0 Å². The second-order valence-corrected chi connectivity index (χ2v) is 8.38. The van der Waals surface area contributed by atoms with Crippen LogP contribution in [0.1, 0.15) is 32.3 Å². The van der Waals surface area contributed by atoms with Crippen molar-refractivity contribution in [3.63, 3.8) is 0 Å². The van der Waals surface area contributed by atoms with E-state index in [-0.39, 0.29) is 12.1 Å². The first-order chi connectivity index (χ1) is 12.5. The van der Waals surface area contributed by atoms with Crippen LogP contribution in [-0.2, 0) is 6.54 Å². The van der Waals surface area contributed by atoms with Gasteiger partial charge in [0.25, 0.3) is 0 Å². The van der Waals surface area contributed by atoms with Crippen molar-refractivity contribution in [3.05, 3.63) is 35.9 Å². The Morgan fingerprint density at radius 2 is 2.08 bits per heavy atom. The quantitative estimate of drug-likeness (QED) is 0.787. The van der Waals surface area contributed by atoms with E-state index < -0.39 is 0 Å². The molecule has 26 heavy (non-hydrogen) atoms. The number of carbonyl (C=O) groups is 1. The minimum atomic E-state index is -0.0400. The van der Waals surface area contributed by atoms with Gasteiger partial charge in [-0.2, -0.15) is 0 Å². The Bertz CT molecular complexity index is 577. The summed E-state index contributed by atoms with van der Waals surface area (Å²) in [5.41, 5.74) is 1.38. The molecule has 3 saturated heterocycles. The van der Waals surface area contributed by atoms with E-state index in [0.29, 0.717) is 6.04 Å². The van der Waals surface area contributed by atoms with Gasteiger partial charge in [-0.05, 0) is 57.7 Å². The van der Waals surface area contributed by atoms with Crippen LogP contribution in [0.4, 0.5) is 4.79 Å². The lowest BCUT2D eigenvalue weighted by molar-refractivity contribution is -0.00902. The van der Waals surface area contributed by atoms with Gasteiger partial charge in [0, 0.05) is 38.3 Å². The molecule has 5 nitrogen and oxygen atoms in total. The van der Waals surface area contributed by atoms with Crippen LogP contribution in [0, 0.1) is 11.8 Å². The molecule has 0 aromatic heterocycles. The Morgan fingerprint density at radius 1 is 1.31 bits per heavy atom. The molecule has 3 heterocycles. The molecule has 144 valence electrons. The molecule has 1 aromatic rings. The molecule has 1 unspecified atom stereocenters. The van der Waals surface area contributed by atoms with E-state index >= 15 is 0 Å². The molecule has 2 bridgehead atoms. The first-order valence-electron chi connectivity index (χ1n) is 10.0. The first kappa shape index (κ1) is 19.2. The number of hydrogen-bond acceptors (Lipinski definition) is 3. The highest BCUT2D eigenvalue weighted by Crippen LogP contribution is 2.36. The lowest BCUT2D eigenvalue weighted by atomic mass is 9.75. The van der Waals surface area contributed by atoms with Crippen LogP contribution in [-0.4, -0.2) is 61.1 Å². The molecule has 3 aliphatic heterocycles. The van der Waals surface area contributed by atoms with Crippen molar-refractivity contribution in [3.8, 4) is 0 Å². The molecule has 0 aliphatic carbocycles. The molecule has 3 aliphatic rings. The molecule has 0 radical (unpaired) electrons. The van der Waals surface area contributed by atoms with Gasteiger partial charge in [0.15, 0.2) is 0 Å². The third-order valence-electron chi connectivity index (χ3n) is 5.77. The minimum absolute atomic E-state index is 0.0400. The number of nitrogens with one attached hydrogen (secondary N) is 2. The van der Waals surface area contributed by atoms with Gasteiger partial charge in [-0.3, -0.25) is 4.90 Å². The summed E-state index contributed by atoms with van der Waals surface area (Å²) in [6.45, 7) is 9.27. The van der Waals surface area contributed by atoms with E-state index in [1.54, 1.807) is 0 Å². The molecule has 3 fully saturated rings. The molecule has 2 N–H and O–H groups in total. The maximum absolute atomic E-state index is 11.8. The number of rotatable bonds is 7. The topological polar surface area (TPSA) is 47.6 Å². The summed E-state index contributed by atoms with van der Waals surface area (Å²) in [5, 5.41) is 5.96. The molecule has 4 atom stereocenters. The van der Waals surface area contributed by atoms with Crippen LogP contribution >= 0.6 is 0 Å². The Balaban J connectivity index is 1.45. The number of amides is 2. The van der Waals surface area contributed by atoms with E-state index in [1.165, 1.54) is 31.5 Å². The van der Waals surface area contributed by atoms with Crippen molar-refractivity contribution >= 4 is 6.03 Å². The van der Waals surface area contributed by atoms with Gasteiger partial charge < -0.3 is 15.5 Å². The fraction of sp³-hybridized carbons (Fsp3) is 0.667. The number of benzene rings is 1. The van der Waals surface area contributed by atoms with Gasteiger partial charge in [0.2, 0.25) is 0 Å². The molecule has 5 heteroatoms. The zero-order chi connectivity index (χ0) is 18.5. The van der Waals surface area contributed by atoms with Crippen molar-refractivity contribution in [2.24, 2.45) is 11.8 Å². The van der Waals surface area contributed by atoms with Crippen LogP contribution in [0.15, 0.2) is 30.3 Å². The normalized spacial score (nSPS) is 27.7. The van der Waals surface area contributed by atoms with Gasteiger partial charge in [-0.25, -0.2) is 4.79 Å². The Morgan fingerprint density at radius 3 is 2.73 bits per heavy atom. The van der Waals surface area contributed by atoms with Gasteiger partial charge in [-0.15, -0.1) is 0 Å². The molecule has 4 rings (SSSR count). The van der Waals surface area contributed by atoms with Crippen LogP contribution in [0.3, 0.4) is 0 Å². The molecule has 0 saturated carbocycles. The zero-order valence-corrected chi connectivity index (χ0v) is 16.4. The standard InChI is InChI=1S/C21H34N4O/c1-16(2)23-21(26)22-12-20-11-18-9-10-25(20)15-19(18)14-24(3)13-17-7-5-4-6-8-17/h4-8,16,18-20H,9-15H2,1-3H3,(H2,22,23,26)/t18-,19+,20+/m1/s1. The summed E-state index contributed by atoms with van der Waals surface area (Å²) in [6, 6.07) is 11.4. The monoisotopic (exact) mass is 358 g/mol. The van der Waals surface area contributed by atoms with Gasteiger partial charge >= 0.3 is 6.03 Å². The Hall–Kier alpha value is -1.59. The van der Waals surface area contributed by atoms with Gasteiger partial charge in [0.1, 0.15) is 0 Å². The summed E-state index contributed by atoms with van der Waals surface area (Å²) >= 11 is 0. The van der Waals surface area contributed by atoms with Crippen molar-refractivity contribution in [2.45, 2.75) is 45.3 Å². The second kappa shape index (κ2) is 8.87. The summed E-state index contributed by atoms with van der Waals surface area (Å²) in [6.07, 6.45) is 2.52. The average molecular weight is 359 g/mol. The highest BCUT2D eigenvalue weighted by Gasteiger charge is 2.40. The molecular weight excluding hydrogens is 324 g/mol. The maximum atomic E-state index is 11.8. The summed E-state index contributed by atoms with van der Waals surface area (Å²) in [7, 11) is 2.24. The van der Waals surface area contributed by atoms with Crippen LogP contribution in [0.2, 0.25) is 0 Å². The van der Waals surface area contributed by atoms with Crippen LogP contribution in [0.25, 0.3) is 0 Å². The molecule has 2 amide bonds. The summed E-state index contributed by atoms with van der Waals surface area (Å²) < 4.78 is 0. The fourth-order valence-corrected chi connectivity index (χ4v) is 4.55. The minimum Gasteiger partial charge on any atom is -0.337 e. The van der Waals surface area contributed by atoms with Gasteiger partial charge in [-0.1, -0.05) is 30.3 Å². The van der Waals surface area contributed by atoms with Gasteiger partial charge in [0.05, 0.1) is 0 Å². The number of piperidine rings is 3. The number of urea groups is 1. The second-order valence-electron chi connectivity index (χ2n) is 8.38. The number of nitrogens with zero attached hydrogens (tertiary/aromatic N) is 2. The maximum Gasteiger partial charge on any atom is 0.315 e. The highest BCUT2D eigenvalue weighted by molar-refractivity contribution is 5.74. The summed E-state index contributed by atoms with van der Waals surface area (Å²) in [4.78, 5) is 16.9. The van der Waals surface area contributed by atoms with Crippen molar-refractivity contribution in [1.82, 2.24) is 20.4 Å². The lowest BCUT2D eigenvalue weighted by Crippen LogP contribution is -2.58. The van der Waals surface area contributed by atoms with E-state index in [4.69, 9.17) is 0 Å². The smallest absolute Gasteiger partial charge is 0.315 e. The Kier molecular flexibility index (Phi) is 6.54. The lowest BCUT2D eigenvalue weighted by Gasteiger charge is -2.50. The average Bonchev–Trinajstić information content (AvgIpc) is 2.61. The van der Waals surface area contributed by atoms with Crippen molar-refractivity contribution in [2.75, 3.05) is 33.2 Å². The van der Waals surface area contributed by atoms with Crippen LogP contribution < -0.4 is 10.6 Å². The first-order valence-corrected chi connectivity index (χ1v) is 10.0. The number of fused-ring (bicyclic) bond motifs is 3. The van der Waals surface area contributed by atoms with E-state index in [0.717, 1.165) is 31.5 Å². The summed E-state index contributed by atoms with van der Waals surface area (Å²) in [5.74, 6) is 1.54. The van der Waals surface area contributed by atoms with E-state index in [2.05, 4.69) is 57.8 Å². The zero-order valence-electron chi connectivity index (χ0n) is 16.4. The predicted molar refractivity (Wildman–Crippen MR) is 106 cm³/mol. The third kappa shape index (κ3) is 5.21. The number of carbonyl (C=O) groups excluding carboxylic acids is 1. The molecule has 1 aromatic carbocycles. The van der Waals surface area contributed by atoms with Crippen molar-refractivity contribution in [1.29, 1.82) is 0 Å². The largest absolute Gasteiger partial charge is 0.337 e. The number of hydrogen-bond donors (Lipinski definition) is 2. The molecule has 0 spiro atoms. The SMILES string of the molecule is CC(C)NC(=O)NC[C@@H]1C[C@H]2CCN1C[C@@H]2CN(C)Cc1ccccc1.